The van der Waals surface area contributed by atoms with Gasteiger partial charge in [0.2, 0.25) is 0 Å². The van der Waals surface area contributed by atoms with E-state index in [1.807, 2.05) is 0 Å². The highest BCUT2D eigenvalue weighted by Crippen LogP contribution is 2.38. The Morgan fingerprint density at radius 3 is 1.78 bits per heavy atom. The largest absolute Gasteiger partial charge is 0.0753 e. The molecule has 0 aliphatic heterocycles. The number of benzene rings is 1. The first-order valence-electron chi connectivity index (χ1n) is 12.1. The monoisotopic (exact) mass is 390 g/mol. The molecule has 0 amide bonds. The summed E-state index contributed by atoms with van der Waals surface area (Å²) < 4.78 is 0. The average Bonchev–Trinajstić information content (AvgIpc) is 2.69. The van der Waals surface area contributed by atoms with Gasteiger partial charge < -0.3 is 0 Å². The smallest absolute Gasteiger partial charge is 0.0206 e. The van der Waals surface area contributed by atoms with Crippen LogP contribution >= 0.6 is 7.92 Å². The SMILES string of the molecule is CCCCCCP(CC)c1ccc(CCCC)c(CCCC)c1CCCC. The lowest BCUT2D eigenvalue weighted by Crippen LogP contribution is -2.17. The Kier molecular flexibility index (Phi) is 14.2. The molecule has 1 heteroatoms. The molecule has 0 saturated carbocycles. The van der Waals surface area contributed by atoms with Crippen LogP contribution < -0.4 is 5.30 Å². The van der Waals surface area contributed by atoms with Crippen molar-refractivity contribution in [1.29, 1.82) is 0 Å². The van der Waals surface area contributed by atoms with E-state index < -0.39 is 0 Å². The van der Waals surface area contributed by atoms with E-state index >= 15 is 0 Å². The Morgan fingerprint density at radius 2 is 1.19 bits per heavy atom. The second kappa shape index (κ2) is 15.6. The summed E-state index contributed by atoms with van der Waals surface area (Å²) in [6, 6.07) is 5.10. The summed E-state index contributed by atoms with van der Waals surface area (Å²) in [5.74, 6) is 0. The minimum atomic E-state index is 0.0360. The van der Waals surface area contributed by atoms with E-state index in [-0.39, 0.29) is 7.92 Å². The zero-order valence-corrected chi connectivity index (χ0v) is 20.1. The van der Waals surface area contributed by atoms with Crippen LogP contribution in [-0.4, -0.2) is 12.3 Å². The van der Waals surface area contributed by atoms with E-state index in [4.69, 9.17) is 0 Å². The fraction of sp³-hybridized carbons (Fsp3) is 0.769. The summed E-state index contributed by atoms with van der Waals surface area (Å²) in [6.07, 6.45) is 20.3. The minimum Gasteiger partial charge on any atom is -0.0753 e. The second-order valence-corrected chi connectivity index (χ2v) is 10.8. The van der Waals surface area contributed by atoms with Gasteiger partial charge in [0.15, 0.2) is 0 Å². The first kappa shape index (κ1) is 24.7. The molecule has 0 aliphatic carbocycles. The van der Waals surface area contributed by atoms with E-state index in [9.17, 15) is 0 Å². The van der Waals surface area contributed by atoms with Gasteiger partial charge in [-0.2, -0.15) is 0 Å². The number of hydrogen-bond acceptors (Lipinski definition) is 0. The third kappa shape index (κ3) is 8.68. The molecule has 0 spiro atoms. The van der Waals surface area contributed by atoms with Crippen molar-refractivity contribution in [2.45, 2.75) is 118 Å². The van der Waals surface area contributed by atoms with Gasteiger partial charge in [0.1, 0.15) is 0 Å². The van der Waals surface area contributed by atoms with Crippen molar-refractivity contribution in [2.75, 3.05) is 12.3 Å². The molecule has 156 valence electrons. The van der Waals surface area contributed by atoms with Gasteiger partial charge in [-0.15, -0.1) is 0 Å². The molecule has 1 aromatic carbocycles. The molecule has 27 heavy (non-hydrogen) atoms. The maximum atomic E-state index is 2.57. The van der Waals surface area contributed by atoms with Crippen LogP contribution in [0, 0.1) is 0 Å². The zero-order chi connectivity index (χ0) is 19.9. The van der Waals surface area contributed by atoms with Crippen molar-refractivity contribution in [3.8, 4) is 0 Å². The molecule has 0 nitrogen and oxygen atoms in total. The van der Waals surface area contributed by atoms with Gasteiger partial charge in [-0.3, -0.25) is 0 Å². The number of hydrogen-bond donors (Lipinski definition) is 0. The maximum absolute atomic E-state index is 2.57. The highest BCUT2D eigenvalue weighted by atomic mass is 31.1. The summed E-state index contributed by atoms with van der Waals surface area (Å²) in [4.78, 5) is 0. The molecule has 1 atom stereocenters. The standard InChI is InChI=1S/C26H47P/c1-6-11-15-16-22-27(10-5)26-21-20-23(17-12-7-2)24(18-13-8-3)25(26)19-14-9-4/h20-21H,6-19,22H2,1-5H3. The van der Waals surface area contributed by atoms with Crippen LogP contribution in [0.1, 0.15) is 116 Å². The van der Waals surface area contributed by atoms with E-state index in [2.05, 4.69) is 46.8 Å². The topological polar surface area (TPSA) is 0 Å². The highest BCUT2D eigenvalue weighted by molar-refractivity contribution is 7.65. The van der Waals surface area contributed by atoms with Crippen LogP contribution in [0.4, 0.5) is 0 Å². The predicted octanol–water partition coefficient (Wildman–Crippen LogP) is 8.42. The van der Waals surface area contributed by atoms with Gasteiger partial charge in [-0.05, 0) is 79.3 Å². The van der Waals surface area contributed by atoms with Crippen LogP contribution in [0.3, 0.4) is 0 Å². The van der Waals surface area contributed by atoms with Crippen LogP contribution in [0.25, 0.3) is 0 Å². The van der Waals surface area contributed by atoms with Crippen LogP contribution in [0.5, 0.6) is 0 Å². The lowest BCUT2D eigenvalue weighted by molar-refractivity contribution is 0.705. The number of unbranched alkanes of at least 4 members (excludes halogenated alkanes) is 6. The number of aryl methyl sites for hydroxylation is 1. The molecule has 0 heterocycles. The molecule has 0 aromatic heterocycles. The van der Waals surface area contributed by atoms with Crippen molar-refractivity contribution in [2.24, 2.45) is 0 Å². The highest BCUT2D eigenvalue weighted by Gasteiger charge is 2.18. The molecule has 1 unspecified atom stereocenters. The Hall–Kier alpha value is -0.350. The van der Waals surface area contributed by atoms with Gasteiger partial charge >= 0.3 is 0 Å². The van der Waals surface area contributed by atoms with E-state index in [0.717, 1.165) is 0 Å². The molecule has 1 rings (SSSR count). The summed E-state index contributed by atoms with van der Waals surface area (Å²) in [5.41, 5.74) is 5.24. The van der Waals surface area contributed by atoms with Crippen molar-refractivity contribution in [3.05, 3.63) is 28.8 Å². The summed E-state index contributed by atoms with van der Waals surface area (Å²) in [5, 5.41) is 1.78. The van der Waals surface area contributed by atoms with Gasteiger partial charge in [-0.25, -0.2) is 0 Å². The van der Waals surface area contributed by atoms with Gasteiger partial charge in [0, 0.05) is 0 Å². The Morgan fingerprint density at radius 1 is 0.593 bits per heavy atom. The molecular weight excluding hydrogens is 343 g/mol. The fourth-order valence-electron chi connectivity index (χ4n) is 4.10. The molecule has 0 saturated heterocycles. The summed E-state index contributed by atoms with van der Waals surface area (Å²) in [7, 11) is 0.0360. The first-order valence-corrected chi connectivity index (χ1v) is 13.8. The van der Waals surface area contributed by atoms with Crippen molar-refractivity contribution in [3.63, 3.8) is 0 Å². The summed E-state index contributed by atoms with van der Waals surface area (Å²) >= 11 is 0. The lowest BCUT2D eigenvalue weighted by atomic mass is 9.91. The Labute approximate surface area is 172 Å². The van der Waals surface area contributed by atoms with Crippen molar-refractivity contribution < 1.29 is 0 Å². The molecule has 0 radical (unpaired) electrons. The second-order valence-electron chi connectivity index (χ2n) is 8.15. The molecule has 0 N–H and O–H groups in total. The molecule has 0 bridgehead atoms. The Bertz CT molecular complexity index is 491. The number of rotatable bonds is 16. The molecule has 0 aliphatic rings. The van der Waals surface area contributed by atoms with Crippen molar-refractivity contribution in [1.82, 2.24) is 0 Å². The normalized spacial score (nSPS) is 12.5. The third-order valence-corrected chi connectivity index (χ3v) is 8.59. The Balaban J connectivity index is 3.17. The lowest BCUT2D eigenvalue weighted by Gasteiger charge is -2.25. The maximum Gasteiger partial charge on any atom is -0.0206 e. The van der Waals surface area contributed by atoms with Gasteiger partial charge in [-0.1, -0.05) is 93.2 Å². The molecule has 1 aromatic rings. The van der Waals surface area contributed by atoms with Crippen LogP contribution in [0.15, 0.2) is 12.1 Å². The average molecular weight is 391 g/mol. The predicted molar refractivity (Wildman–Crippen MR) is 128 cm³/mol. The van der Waals surface area contributed by atoms with Gasteiger partial charge in [0.05, 0.1) is 0 Å². The van der Waals surface area contributed by atoms with Crippen LogP contribution in [0.2, 0.25) is 0 Å². The molecular formula is C26H47P. The summed E-state index contributed by atoms with van der Waals surface area (Å²) in [6.45, 7) is 11.8. The molecule has 0 fully saturated rings. The van der Waals surface area contributed by atoms with Crippen molar-refractivity contribution >= 4 is 13.2 Å². The van der Waals surface area contributed by atoms with Gasteiger partial charge in [0.25, 0.3) is 0 Å². The fourth-order valence-corrected chi connectivity index (χ4v) is 6.52. The van der Waals surface area contributed by atoms with Crippen LogP contribution in [-0.2, 0) is 19.3 Å². The quantitative estimate of drug-likeness (QED) is 0.196. The zero-order valence-electron chi connectivity index (χ0n) is 19.2. The van der Waals surface area contributed by atoms with E-state index in [1.54, 1.807) is 22.0 Å². The van der Waals surface area contributed by atoms with E-state index in [0.29, 0.717) is 0 Å². The minimum absolute atomic E-state index is 0.0360. The third-order valence-electron chi connectivity index (χ3n) is 5.87. The first-order chi connectivity index (χ1) is 13.2. The van der Waals surface area contributed by atoms with E-state index in [1.165, 1.54) is 95.8 Å².